The third-order valence-corrected chi connectivity index (χ3v) is 7.24. The summed E-state index contributed by atoms with van der Waals surface area (Å²) in [6.45, 7) is 3.40. The SMILES string of the molecule is CC1(CNC(=O)CCn2cnc3sc4c(c3c2=O)CCCC4)CCCC1. The first-order chi connectivity index (χ1) is 12.6. The van der Waals surface area contributed by atoms with Crippen LogP contribution in [0, 0.1) is 5.41 Å². The van der Waals surface area contributed by atoms with Crippen molar-refractivity contribution >= 4 is 27.5 Å². The number of thiophene rings is 1. The highest BCUT2D eigenvalue weighted by Gasteiger charge is 2.28. The highest BCUT2D eigenvalue weighted by Crippen LogP contribution is 2.36. The van der Waals surface area contributed by atoms with E-state index in [9.17, 15) is 9.59 Å². The van der Waals surface area contributed by atoms with E-state index in [1.54, 1.807) is 22.2 Å². The van der Waals surface area contributed by atoms with Gasteiger partial charge in [-0.15, -0.1) is 11.3 Å². The summed E-state index contributed by atoms with van der Waals surface area (Å²) in [5, 5.41) is 3.86. The standard InChI is InChI=1S/C20H27N3O2S/c1-20(9-4-5-10-20)12-21-16(24)8-11-23-13-22-18-17(19(23)25)14-6-2-3-7-15(14)26-18/h13H,2-12H2,1H3,(H,21,24). The van der Waals surface area contributed by atoms with Crippen LogP contribution in [-0.4, -0.2) is 22.0 Å². The molecule has 1 fully saturated rings. The molecule has 0 aromatic carbocycles. The van der Waals surface area contributed by atoms with E-state index < -0.39 is 0 Å². The van der Waals surface area contributed by atoms with Gasteiger partial charge in [0.15, 0.2) is 0 Å². The molecule has 2 aromatic heterocycles. The monoisotopic (exact) mass is 373 g/mol. The van der Waals surface area contributed by atoms with E-state index in [4.69, 9.17) is 0 Å². The van der Waals surface area contributed by atoms with Crippen LogP contribution in [0.2, 0.25) is 0 Å². The van der Waals surface area contributed by atoms with Crippen LogP contribution in [-0.2, 0) is 24.2 Å². The summed E-state index contributed by atoms with van der Waals surface area (Å²) in [4.78, 5) is 31.8. The molecule has 0 aliphatic heterocycles. The molecule has 0 radical (unpaired) electrons. The zero-order valence-corrected chi connectivity index (χ0v) is 16.3. The number of nitrogens with zero attached hydrogens (tertiary/aromatic N) is 2. The molecule has 26 heavy (non-hydrogen) atoms. The van der Waals surface area contributed by atoms with E-state index in [2.05, 4.69) is 17.2 Å². The summed E-state index contributed by atoms with van der Waals surface area (Å²) < 4.78 is 1.61. The second-order valence-corrected chi connectivity index (χ2v) is 9.26. The molecule has 2 aliphatic carbocycles. The van der Waals surface area contributed by atoms with Crippen molar-refractivity contribution in [3.8, 4) is 0 Å². The Morgan fingerprint density at radius 2 is 2.04 bits per heavy atom. The quantitative estimate of drug-likeness (QED) is 0.873. The molecular formula is C20H27N3O2S. The van der Waals surface area contributed by atoms with E-state index in [0.29, 0.717) is 13.0 Å². The summed E-state index contributed by atoms with van der Waals surface area (Å²) >= 11 is 1.66. The number of hydrogen-bond acceptors (Lipinski definition) is 4. The number of carbonyl (C=O) groups excluding carboxylic acids is 1. The molecule has 4 rings (SSSR count). The Morgan fingerprint density at radius 3 is 2.85 bits per heavy atom. The van der Waals surface area contributed by atoms with Crippen LogP contribution in [0.1, 0.15) is 62.3 Å². The average Bonchev–Trinajstić information content (AvgIpc) is 3.24. The summed E-state index contributed by atoms with van der Waals surface area (Å²) in [6, 6.07) is 0. The maximum atomic E-state index is 12.9. The predicted molar refractivity (Wildman–Crippen MR) is 105 cm³/mol. The summed E-state index contributed by atoms with van der Waals surface area (Å²) in [7, 11) is 0. The second-order valence-electron chi connectivity index (χ2n) is 8.18. The number of carbonyl (C=O) groups is 1. The molecule has 0 saturated heterocycles. The van der Waals surface area contributed by atoms with E-state index >= 15 is 0 Å². The Hall–Kier alpha value is -1.69. The molecule has 0 unspecified atom stereocenters. The van der Waals surface area contributed by atoms with Crippen molar-refractivity contribution in [2.24, 2.45) is 5.41 Å². The Labute approximate surface area is 157 Å². The van der Waals surface area contributed by atoms with Crippen molar-refractivity contribution in [1.29, 1.82) is 0 Å². The highest BCUT2D eigenvalue weighted by molar-refractivity contribution is 7.18. The molecule has 6 heteroatoms. The fraction of sp³-hybridized carbons (Fsp3) is 0.650. The van der Waals surface area contributed by atoms with Crippen LogP contribution in [0.5, 0.6) is 0 Å². The van der Waals surface area contributed by atoms with Gasteiger partial charge in [-0.05, 0) is 49.5 Å². The molecule has 1 amide bonds. The number of hydrogen-bond donors (Lipinski definition) is 1. The molecule has 2 aliphatic rings. The summed E-state index contributed by atoms with van der Waals surface area (Å²) in [6.07, 6.45) is 11.2. The lowest BCUT2D eigenvalue weighted by molar-refractivity contribution is -0.121. The molecule has 2 heterocycles. The maximum absolute atomic E-state index is 12.9. The second kappa shape index (κ2) is 7.14. The first-order valence-electron chi connectivity index (χ1n) is 9.82. The van der Waals surface area contributed by atoms with Gasteiger partial charge < -0.3 is 5.32 Å². The van der Waals surface area contributed by atoms with Gasteiger partial charge in [0, 0.05) is 24.4 Å². The molecular weight excluding hydrogens is 346 g/mol. The first-order valence-corrected chi connectivity index (χ1v) is 10.6. The highest BCUT2D eigenvalue weighted by atomic mass is 32.1. The topological polar surface area (TPSA) is 64.0 Å². The van der Waals surface area contributed by atoms with Crippen molar-refractivity contribution in [2.75, 3.05) is 6.54 Å². The Kier molecular flexibility index (Phi) is 4.86. The first kappa shape index (κ1) is 17.7. The van der Waals surface area contributed by atoms with Gasteiger partial charge >= 0.3 is 0 Å². The van der Waals surface area contributed by atoms with Crippen LogP contribution >= 0.6 is 11.3 Å². The molecule has 2 aromatic rings. The van der Waals surface area contributed by atoms with Crippen LogP contribution < -0.4 is 10.9 Å². The van der Waals surface area contributed by atoms with Gasteiger partial charge in [-0.2, -0.15) is 0 Å². The van der Waals surface area contributed by atoms with Crippen LogP contribution in [0.25, 0.3) is 10.2 Å². The number of aryl methyl sites for hydroxylation is 3. The van der Waals surface area contributed by atoms with Crippen molar-refractivity contribution in [1.82, 2.24) is 14.9 Å². The zero-order chi connectivity index (χ0) is 18.1. The molecule has 0 spiro atoms. The minimum Gasteiger partial charge on any atom is -0.355 e. The minimum atomic E-state index is 0.0185. The third kappa shape index (κ3) is 3.43. The molecule has 5 nitrogen and oxygen atoms in total. The number of aromatic nitrogens is 2. The van der Waals surface area contributed by atoms with Crippen LogP contribution in [0.4, 0.5) is 0 Å². The largest absolute Gasteiger partial charge is 0.355 e. The number of amides is 1. The van der Waals surface area contributed by atoms with Gasteiger partial charge in [-0.3, -0.25) is 14.2 Å². The van der Waals surface area contributed by atoms with Gasteiger partial charge in [0.25, 0.3) is 5.56 Å². The van der Waals surface area contributed by atoms with Gasteiger partial charge in [0.2, 0.25) is 5.91 Å². The van der Waals surface area contributed by atoms with E-state index in [0.717, 1.165) is 36.0 Å². The molecule has 0 atom stereocenters. The Bertz CT molecular complexity index is 877. The lowest BCUT2D eigenvalue weighted by Crippen LogP contribution is -2.35. The smallest absolute Gasteiger partial charge is 0.262 e. The third-order valence-electron chi connectivity index (χ3n) is 6.04. The fourth-order valence-electron chi connectivity index (χ4n) is 4.37. The Balaban J connectivity index is 1.43. The van der Waals surface area contributed by atoms with Crippen molar-refractivity contribution in [3.05, 3.63) is 27.1 Å². The molecule has 1 N–H and O–H groups in total. The van der Waals surface area contributed by atoms with Gasteiger partial charge in [-0.25, -0.2) is 4.98 Å². The molecule has 0 bridgehead atoms. The van der Waals surface area contributed by atoms with Crippen molar-refractivity contribution in [2.45, 2.75) is 71.3 Å². The van der Waals surface area contributed by atoms with Crippen molar-refractivity contribution in [3.63, 3.8) is 0 Å². The summed E-state index contributed by atoms with van der Waals surface area (Å²) in [5.41, 5.74) is 1.48. The lowest BCUT2D eigenvalue weighted by Gasteiger charge is -2.23. The summed E-state index contributed by atoms with van der Waals surface area (Å²) in [5.74, 6) is 0.0254. The normalized spacial score (nSPS) is 18.8. The molecule has 1 saturated carbocycles. The zero-order valence-electron chi connectivity index (χ0n) is 15.5. The van der Waals surface area contributed by atoms with Gasteiger partial charge in [-0.1, -0.05) is 19.8 Å². The van der Waals surface area contributed by atoms with Gasteiger partial charge in [0.1, 0.15) is 4.83 Å². The van der Waals surface area contributed by atoms with E-state index in [1.807, 2.05) is 0 Å². The van der Waals surface area contributed by atoms with Crippen LogP contribution in [0.3, 0.4) is 0 Å². The minimum absolute atomic E-state index is 0.0185. The van der Waals surface area contributed by atoms with E-state index in [-0.39, 0.29) is 16.9 Å². The van der Waals surface area contributed by atoms with Crippen molar-refractivity contribution < 1.29 is 4.79 Å². The predicted octanol–water partition coefficient (Wildman–Crippen LogP) is 3.42. The van der Waals surface area contributed by atoms with Crippen LogP contribution in [0.15, 0.2) is 11.1 Å². The number of nitrogens with one attached hydrogen (secondary N) is 1. The Morgan fingerprint density at radius 1 is 1.27 bits per heavy atom. The number of fused-ring (bicyclic) bond motifs is 3. The van der Waals surface area contributed by atoms with E-state index in [1.165, 1.54) is 42.5 Å². The average molecular weight is 374 g/mol. The molecule has 140 valence electrons. The van der Waals surface area contributed by atoms with Gasteiger partial charge in [0.05, 0.1) is 11.7 Å². The lowest BCUT2D eigenvalue weighted by atomic mass is 9.89. The number of rotatable bonds is 5. The fourth-order valence-corrected chi connectivity index (χ4v) is 5.59. The maximum Gasteiger partial charge on any atom is 0.262 e.